The van der Waals surface area contributed by atoms with Gasteiger partial charge in [-0.1, -0.05) is 28.8 Å². The predicted molar refractivity (Wildman–Crippen MR) is 143 cm³/mol. The van der Waals surface area contributed by atoms with Gasteiger partial charge in [0.05, 0.1) is 11.9 Å². The number of piperazine rings is 1. The monoisotopic (exact) mass is 540 g/mol. The van der Waals surface area contributed by atoms with Crippen molar-refractivity contribution < 1.29 is 4.79 Å². The quantitative estimate of drug-likeness (QED) is 0.455. The number of pyridine rings is 1. The van der Waals surface area contributed by atoms with E-state index in [1.807, 2.05) is 18.3 Å². The number of aromatic nitrogens is 4. The Morgan fingerprint density at radius 1 is 1.11 bits per heavy atom. The molecule has 0 atom stereocenters. The van der Waals surface area contributed by atoms with Crippen LogP contribution < -0.4 is 10.2 Å². The first-order valence-electron chi connectivity index (χ1n) is 12.4. The minimum absolute atomic E-state index is 0.00491. The standard InChI is InChI=1S/C25H33BrN8O/c1-31(2)24(35)21-15-18-16-28-25(30-23(18)34(21)19-5-3-4-6-19)29-22-8-7-20(17-27-22)33-13-11-32(10-9-26)12-14-33/h7-8,15-17,19H,3-6,9-14H2,1-2H3,(H,27,28,29,30). The molecule has 3 aromatic rings. The molecule has 1 aliphatic carbocycles. The number of fused-ring (bicyclic) bond motifs is 1. The number of carbonyl (C=O) groups excluding carboxylic acids is 1. The van der Waals surface area contributed by atoms with Crippen LogP contribution in [-0.2, 0) is 0 Å². The molecule has 1 saturated carbocycles. The summed E-state index contributed by atoms with van der Waals surface area (Å²) in [5.41, 5.74) is 2.62. The summed E-state index contributed by atoms with van der Waals surface area (Å²) in [6.07, 6.45) is 8.20. The molecule has 1 aliphatic heterocycles. The van der Waals surface area contributed by atoms with Crippen molar-refractivity contribution in [2.24, 2.45) is 0 Å². The lowest BCUT2D eigenvalue weighted by atomic mass is 10.2. The van der Waals surface area contributed by atoms with E-state index in [9.17, 15) is 4.79 Å². The highest BCUT2D eigenvalue weighted by molar-refractivity contribution is 9.09. The van der Waals surface area contributed by atoms with Crippen LogP contribution in [0.15, 0.2) is 30.6 Å². The molecule has 0 radical (unpaired) electrons. The van der Waals surface area contributed by atoms with Crippen LogP contribution in [-0.4, -0.2) is 87.4 Å². The Labute approximate surface area is 214 Å². The van der Waals surface area contributed by atoms with Crippen molar-refractivity contribution in [3.05, 3.63) is 36.3 Å². The van der Waals surface area contributed by atoms with E-state index in [-0.39, 0.29) is 5.91 Å². The van der Waals surface area contributed by atoms with Gasteiger partial charge in [0.1, 0.15) is 17.2 Å². The van der Waals surface area contributed by atoms with E-state index in [4.69, 9.17) is 4.98 Å². The maximum Gasteiger partial charge on any atom is 0.270 e. The largest absolute Gasteiger partial charge is 0.368 e. The molecule has 4 heterocycles. The summed E-state index contributed by atoms with van der Waals surface area (Å²) in [4.78, 5) is 33.3. The number of hydrogen-bond donors (Lipinski definition) is 1. The van der Waals surface area contributed by atoms with Crippen LogP contribution in [0.2, 0.25) is 0 Å². The first kappa shape index (κ1) is 24.0. The maximum absolute atomic E-state index is 12.9. The summed E-state index contributed by atoms with van der Waals surface area (Å²) < 4.78 is 2.13. The average Bonchev–Trinajstić information content (AvgIpc) is 3.52. The number of alkyl halides is 1. The molecule has 0 spiro atoms. The topological polar surface area (TPSA) is 82.4 Å². The fourth-order valence-corrected chi connectivity index (χ4v) is 5.61. The molecule has 1 N–H and O–H groups in total. The number of carbonyl (C=O) groups is 1. The lowest BCUT2D eigenvalue weighted by molar-refractivity contribution is 0.0815. The second-order valence-electron chi connectivity index (χ2n) is 9.55. The van der Waals surface area contributed by atoms with Gasteiger partial charge in [-0.3, -0.25) is 9.69 Å². The van der Waals surface area contributed by atoms with Crippen LogP contribution in [0.4, 0.5) is 17.5 Å². The van der Waals surface area contributed by atoms with Crippen LogP contribution in [0.3, 0.4) is 0 Å². The van der Waals surface area contributed by atoms with Crippen molar-refractivity contribution in [1.82, 2.24) is 29.3 Å². The number of hydrogen-bond acceptors (Lipinski definition) is 7. The van der Waals surface area contributed by atoms with Crippen molar-refractivity contribution in [2.45, 2.75) is 31.7 Å². The average molecular weight is 541 g/mol. The number of nitrogens with one attached hydrogen (secondary N) is 1. The molecule has 0 aromatic carbocycles. The first-order chi connectivity index (χ1) is 17.0. The van der Waals surface area contributed by atoms with Crippen LogP contribution in [0.25, 0.3) is 11.0 Å². The van der Waals surface area contributed by atoms with Gasteiger partial charge in [-0.25, -0.2) is 9.97 Å². The molecule has 186 valence electrons. The molecule has 10 heteroatoms. The predicted octanol–water partition coefficient (Wildman–Crippen LogP) is 3.90. The number of anilines is 3. The van der Waals surface area contributed by atoms with E-state index >= 15 is 0 Å². The Hall–Kier alpha value is -2.72. The van der Waals surface area contributed by atoms with Crippen LogP contribution in [0, 0.1) is 0 Å². The van der Waals surface area contributed by atoms with Crippen LogP contribution in [0.5, 0.6) is 0 Å². The highest BCUT2D eigenvalue weighted by atomic mass is 79.9. The first-order valence-corrected chi connectivity index (χ1v) is 13.5. The molecule has 35 heavy (non-hydrogen) atoms. The molecule has 5 rings (SSSR count). The van der Waals surface area contributed by atoms with Gasteiger partial charge in [-0.15, -0.1) is 0 Å². The third-order valence-corrected chi connectivity index (χ3v) is 7.37. The Bertz CT molecular complexity index is 1160. The lowest BCUT2D eigenvalue weighted by Crippen LogP contribution is -2.46. The minimum Gasteiger partial charge on any atom is -0.368 e. The number of halogens is 1. The van der Waals surface area contributed by atoms with Crippen LogP contribution >= 0.6 is 15.9 Å². The van der Waals surface area contributed by atoms with E-state index in [2.05, 4.69) is 51.6 Å². The van der Waals surface area contributed by atoms with E-state index in [0.717, 1.165) is 67.6 Å². The summed E-state index contributed by atoms with van der Waals surface area (Å²) in [5.74, 6) is 1.19. The zero-order valence-corrected chi connectivity index (χ0v) is 22.0. The maximum atomic E-state index is 12.9. The van der Waals surface area contributed by atoms with Gasteiger partial charge in [0.15, 0.2) is 0 Å². The van der Waals surface area contributed by atoms with Crippen LogP contribution in [0.1, 0.15) is 42.2 Å². The molecule has 2 aliphatic rings. The van der Waals surface area contributed by atoms with Gasteiger partial charge in [0.25, 0.3) is 5.91 Å². The van der Waals surface area contributed by atoms with Gasteiger partial charge in [-0.2, -0.15) is 4.98 Å². The van der Waals surface area contributed by atoms with Gasteiger partial charge in [-0.05, 0) is 31.0 Å². The Kier molecular flexibility index (Phi) is 7.19. The zero-order chi connectivity index (χ0) is 24.4. The summed E-state index contributed by atoms with van der Waals surface area (Å²) in [5, 5.41) is 5.15. The molecule has 0 bridgehead atoms. The summed E-state index contributed by atoms with van der Waals surface area (Å²) in [6, 6.07) is 6.29. The number of rotatable bonds is 7. The fourth-order valence-electron chi connectivity index (χ4n) is 5.10. The number of nitrogens with zero attached hydrogens (tertiary/aromatic N) is 7. The molecule has 0 unspecified atom stereocenters. The van der Waals surface area contributed by atoms with E-state index < -0.39 is 0 Å². The highest BCUT2D eigenvalue weighted by Crippen LogP contribution is 2.35. The van der Waals surface area contributed by atoms with Crippen molar-refractivity contribution in [3.8, 4) is 0 Å². The number of amides is 1. The molecule has 3 aromatic heterocycles. The molecular weight excluding hydrogens is 508 g/mol. The van der Waals surface area contributed by atoms with E-state index in [1.165, 1.54) is 12.8 Å². The summed E-state index contributed by atoms with van der Waals surface area (Å²) in [7, 11) is 3.58. The normalized spacial score (nSPS) is 17.3. The van der Waals surface area contributed by atoms with Crippen molar-refractivity contribution in [3.63, 3.8) is 0 Å². The van der Waals surface area contributed by atoms with Crippen molar-refractivity contribution in [2.75, 3.05) is 62.4 Å². The molecule has 9 nitrogen and oxygen atoms in total. The smallest absolute Gasteiger partial charge is 0.270 e. The van der Waals surface area contributed by atoms with E-state index in [0.29, 0.717) is 23.5 Å². The van der Waals surface area contributed by atoms with Crippen molar-refractivity contribution >= 4 is 50.3 Å². The van der Waals surface area contributed by atoms with Gasteiger partial charge < -0.3 is 19.7 Å². The Morgan fingerprint density at radius 3 is 2.54 bits per heavy atom. The lowest BCUT2D eigenvalue weighted by Gasteiger charge is -2.35. The van der Waals surface area contributed by atoms with Gasteiger partial charge in [0.2, 0.25) is 5.95 Å². The molecular formula is C25H33BrN8O. The zero-order valence-electron chi connectivity index (χ0n) is 20.5. The Balaban J connectivity index is 1.35. The highest BCUT2D eigenvalue weighted by Gasteiger charge is 2.26. The third-order valence-electron chi connectivity index (χ3n) is 7.02. The summed E-state index contributed by atoms with van der Waals surface area (Å²) >= 11 is 3.53. The summed E-state index contributed by atoms with van der Waals surface area (Å²) in [6.45, 7) is 5.24. The van der Waals surface area contributed by atoms with E-state index in [1.54, 1.807) is 25.2 Å². The Morgan fingerprint density at radius 2 is 1.89 bits per heavy atom. The SMILES string of the molecule is CN(C)C(=O)c1cc2cnc(Nc3ccc(N4CCN(CCBr)CC4)cn3)nc2n1C1CCCC1. The second-order valence-corrected chi connectivity index (χ2v) is 10.3. The van der Waals surface area contributed by atoms with Crippen molar-refractivity contribution in [1.29, 1.82) is 0 Å². The van der Waals surface area contributed by atoms with Gasteiger partial charge in [0, 0.05) is 69.8 Å². The minimum atomic E-state index is -0.00491. The van der Waals surface area contributed by atoms with Gasteiger partial charge >= 0.3 is 0 Å². The third kappa shape index (κ3) is 5.13. The fraction of sp³-hybridized carbons (Fsp3) is 0.520. The second kappa shape index (κ2) is 10.5. The molecule has 1 saturated heterocycles. The molecule has 2 fully saturated rings. The molecule has 1 amide bonds.